The molecule has 6 nitrogen and oxygen atoms in total. The molecule has 0 aliphatic heterocycles. The number of nitrogens with zero attached hydrogens (tertiary/aromatic N) is 4. The van der Waals surface area contributed by atoms with E-state index in [1.54, 1.807) is 12.5 Å². The van der Waals surface area contributed by atoms with Gasteiger partial charge in [0, 0.05) is 36.7 Å². The fourth-order valence-corrected chi connectivity index (χ4v) is 3.53. The lowest BCUT2D eigenvalue weighted by atomic mass is 10.1. The van der Waals surface area contributed by atoms with Gasteiger partial charge in [0.05, 0.1) is 24.1 Å². The van der Waals surface area contributed by atoms with Gasteiger partial charge >= 0.3 is 0 Å². The van der Waals surface area contributed by atoms with Crippen LogP contribution in [0.4, 0.5) is 0 Å². The predicted octanol–water partition coefficient (Wildman–Crippen LogP) is 3.59. The monoisotopic (exact) mass is 399 g/mol. The van der Waals surface area contributed by atoms with Gasteiger partial charge in [-0.1, -0.05) is 42.5 Å². The van der Waals surface area contributed by atoms with E-state index in [2.05, 4.69) is 39.7 Å². The van der Waals surface area contributed by atoms with E-state index in [1.165, 1.54) is 5.56 Å². The van der Waals surface area contributed by atoms with Gasteiger partial charge in [-0.2, -0.15) is 5.10 Å². The second-order valence-electron chi connectivity index (χ2n) is 7.40. The molecule has 2 heterocycles. The van der Waals surface area contributed by atoms with E-state index in [0.29, 0.717) is 13.0 Å². The summed E-state index contributed by atoms with van der Waals surface area (Å²) in [5, 5.41) is 7.65. The average molecular weight is 399 g/mol. The van der Waals surface area contributed by atoms with Crippen LogP contribution in [0.1, 0.15) is 28.1 Å². The number of carbonyl (C=O) groups is 1. The molecule has 0 radical (unpaired) electrons. The van der Waals surface area contributed by atoms with E-state index in [9.17, 15) is 4.79 Å². The molecule has 1 N–H and O–H groups in total. The molecular formula is C24H25N5O. The maximum absolute atomic E-state index is 12.6. The van der Waals surface area contributed by atoms with Gasteiger partial charge in [-0.15, -0.1) is 0 Å². The predicted molar refractivity (Wildman–Crippen MR) is 116 cm³/mol. The summed E-state index contributed by atoms with van der Waals surface area (Å²) in [7, 11) is 0. The third-order valence-corrected chi connectivity index (χ3v) is 5.22. The van der Waals surface area contributed by atoms with Gasteiger partial charge in [-0.3, -0.25) is 4.79 Å². The summed E-state index contributed by atoms with van der Waals surface area (Å²) in [6, 6.07) is 18.2. The van der Waals surface area contributed by atoms with Gasteiger partial charge < -0.3 is 9.88 Å². The van der Waals surface area contributed by atoms with Gasteiger partial charge in [0.25, 0.3) is 0 Å². The minimum Gasteiger partial charge on any atom is -0.352 e. The Balaban J connectivity index is 1.35. The molecule has 6 heteroatoms. The molecule has 0 saturated carbocycles. The Morgan fingerprint density at radius 3 is 2.43 bits per heavy atom. The third kappa shape index (κ3) is 4.49. The Hall–Kier alpha value is -3.67. The SMILES string of the molecule is Cc1nn(-c2ccccc2)c(C)c1CC(=O)NCc1ccc(Cn2ccnc2)cc1. The zero-order chi connectivity index (χ0) is 20.9. The summed E-state index contributed by atoms with van der Waals surface area (Å²) >= 11 is 0. The number of hydrogen-bond donors (Lipinski definition) is 1. The molecule has 152 valence electrons. The van der Waals surface area contributed by atoms with E-state index in [4.69, 9.17) is 0 Å². The van der Waals surface area contributed by atoms with Gasteiger partial charge in [-0.05, 0) is 37.1 Å². The maximum atomic E-state index is 12.6. The number of aryl methyl sites for hydroxylation is 1. The molecule has 2 aromatic heterocycles. The lowest BCUT2D eigenvalue weighted by Gasteiger charge is -2.08. The molecule has 0 fully saturated rings. The van der Waals surface area contributed by atoms with E-state index in [-0.39, 0.29) is 5.91 Å². The molecule has 4 aromatic rings. The minimum atomic E-state index is -0.00342. The van der Waals surface area contributed by atoms with Crippen molar-refractivity contribution in [3.63, 3.8) is 0 Å². The Bertz CT molecular complexity index is 1110. The first-order valence-corrected chi connectivity index (χ1v) is 10.0. The molecule has 2 aromatic carbocycles. The van der Waals surface area contributed by atoms with Crippen LogP contribution >= 0.6 is 0 Å². The second-order valence-corrected chi connectivity index (χ2v) is 7.40. The van der Waals surface area contributed by atoms with Crippen molar-refractivity contribution in [1.29, 1.82) is 0 Å². The largest absolute Gasteiger partial charge is 0.352 e. The molecule has 0 aliphatic carbocycles. The van der Waals surface area contributed by atoms with E-state index in [1.807, 2.05) is 59.6 Å². The molecular weight excluding hydrogens is 374 g/mol. The van der Waals surface area contributed by atoms with Crippen LogP contribution in [0, 0.1) is 13.8 Å². The third-order valence-electron chi connectivity index (χ3n) is 5.22. The first-order valence-electron chi connectivity index (χ1n) is 10.0. The maximum Gasteiger partial charge on any atom is 0.224 e. The first kappa shape index (κ1) is 19.6. The van der Waals surface area contributed by atoms with Crippen LogP contribution in [0.2, 0.25) is 0 Å². The number of aromatic nitrogens is 4. The summed E-state index contributed by atoms with van der Waals surface area (Å²) in [6.07, 6.45) is 5.84. The van der Waals surface area contributed by atoms with Crippen LogP contribution in [0.5, 0.6) is 0 Å². The Morgan fingerprint density at radius 1 is 1.00 bits per heavy atom. The fourth-order valence-electron chi connectivity index (χ4n) is 3.53. The van der Waals surface area contributed by atoms with Crippen molar-refractivity contribution in [3.8, 4) is 5.69 Å². The number of para-hydroxylation sites is 1. The van der Waals surface area contributed by atoms with Gasteiger partial charge in [0.15, 0.2) is 0 Å². The first-order chi connectivity index (χ1) is 14.6. The van der Waals surface area contributed by atoms with Crippen LogP contribution in [0.25, 0.3) is 5.69 Å². The molecule has 0 aliphatic rings. The van der Waals surface area contributed by atoms with Crippen molar-refractivity contribution in [2.24, 2.45) is 0 Å². The smallest absolute Gasteiger partial charge is 0.224 e. The van der Waals surface area contributed by atoms with E-state index in [0.717, 1.165) is 34.7 Å². The summed E-state index contributed by atoms with van der Waals surface area (Å²) in [5.41, 5.74) is 6.13. The molecule has 1 amide bonds. The zero-order valence-corrected chi connectivity index (χ0v) is 17.2. The van der Waals surface area contributed by atoms with Crippen molar-refractivity contribution < 1.29 is 4.79 Å². The molecule has 30 heavy (non-hydrogen) atoms. The fraction of sp³-hybridized carbons (Fsp3) is 0.208. The topological polar surface area (TPSA) is 64.7 Å². The molecule has 4 rings (SSSR count). The zero-order valence-electron chi connectivity index (χ0n) is 17.2. The van der Waals surface area contributed by atoms with Crippen LogP contribution in [-0.2, 0) is 24.3 Å². The number of carbonyl (C=O) groups excluding carboxylic acids is 1. The molecule has 0 bridgehead atoms. The van der Waals surface area contributed by atoms with Gasteiger partial charge in [0.2, 0.25) is 5.91 Å². The highest BCUT2D eigenvalue weighted by Gasteiger charge is 2.15. The number of rotatable bonds is 7. The lowest BCUT2D eigenvalue weighted by Crippen LogP contribution is -2.25. The number of benzene rings is 2. The van der Waals surface area contributed by atoms with Gasteiger partial charge in [0.1, 0.15) is 0 Å². The van der Waals surface area contributed by atoms with Crippen molar-refractivity contribution >= 4 is 5.91 Å². The normalized spacial score (nSPS) is 10.9. The van der Waals surface area contributed by atoms with E-state index >= 15 is 0 Å². The highest BCUT2D eigenvalue weighted by atomic mass is 16.1. The molecule has 0 spiro atoms. The quantitative estimate of drug-likeness (QED) is 0.516. The van der Waals surface area contributed by atoms with Crippen molar-refractivity contribution in [3.05, 3.63) is 101 Å². The number of nitrogens with one attached hydrogen (secondary N) is 1. The minimum absolute atomic E-state index is 0.00342. The number of hydrogen-bond acceptors (Lipinski definition) is 3. The van der Waals surface area contributed by atoms with Crippen LogP contribution < -0.4 is 5.32 Å². The van der Waals surface area contributed by atoms with E-state index < -0.39 is 0 Å². The van der Waals surface area contributed by atoms with Crippen LogP contribution in [0.15, 0.2) is 73.3 Å². The number of imidazole rings is 1. The summed E-state index contributed by atoms with van der Waals surface area (Å²) in [6.45, 7) is 5.26. The summed E-state index contributed by atoms with van der Waals surface area (Å²) in [5.74, 6) is -0.00342. The average Bonchev–Trinajstić information content (AvgIpc) is 3.37. The van der Waals surface area contributed by atoms with Crippen LogP contribution in [0.3, 0.4) is 0 Å². The highest BCUT2D eigenvalue weighted by molar-refractivity contribution is 5.79. The summed E-state index contributed by atoms with van der Waals surface area (Å²) in [4.78, 5) is 16.6. The second kappa shape index (κ2) is 8.78. The summed E-state index contributed by atoms with van der Waals surface area (Å²) < 4.78 is 3.92. The molecule has 0 atom stereocenters. The Morgan fingerprint density at radius 2 is 1.73 bits per heavy atom. The standard InChI is InChI=1S/C24H25N5O/c1-18-23(19(2)29(27-18)22-6-4-3-5-7-22)14-24(30)26-15-20-8-10-21(11-9-20)16-28-13-12-25-17-28/h3-13,17H,14-16H2,1-2H3,(H,26,30). The lowest BCUT2D eigenvalue weighted by molar-refractivity contribution is -0.120. The number of amides is 1. The Kier molecular flexibility index (Phi) is 5.75. The van der Waals surface area contributed by atoms with Gasteiger partial charge in [-0.25, -0.2) is 9.67 Å². The highest BCUT2D eigenvalue weighted by Crippen LogP contribution is 2.18. The molecule has 0 unspecified atom stereocenters. The van der Waals surface area contributed by atoms with Crippen molar-refractivity contribution in [2.45, 2.75) is 33.4 Å². The van der Waals surface area contributed by atoms with Crippen molar-refractivity contribution in [2.75, 3.05) is 0 Å². The molecule has 0 saturated heterocycles. The van der Waals surface area contributed by atoms with Crippen LogP contribution in [-0.4, -0.2) is 25.2 Å². The van der Waals surface area contributed by atoms with Crippen molar-refractivity contribution in [1.82, 2.24) is 24.6 Å². The Labute approximate surface area is 176 Å².